The summed E-state index contributed by atoms with van der Waals surface area (Å²) in [5, 5.41) is 0. The Morgan fingerprint density at radius 2 is 2.19 bits per heavy atom. The molecule has 1 unspecified atom stereocenters. The van der Waals surface area contributed by atoms with Crippen molar-refractivity contribution in [3.8, 4) is 0 Å². The molecule has 2 rings (SSSR count). The van der Waals surface area contributed by atoms with E-state index in [1.165, 1.54) is 19.8 Å². The molecule has 0 bridgehead atoms. The summed E-state index contributed by atoms with van der Waals surface area (Å²) in [6.45, 7) is 0.432. The summed E-state index contributed by atoms with van der Waals surface area (Å²) in [6.07, 6.45) is 1.60. The van der Waals surface area contributed by atoms with Crippen LogP contribution < -0.4 is 5.73 Å². The Hall–Kier alpha value is -1.58. The number of imidazole rings is 1. The number of rotatable bonds is 7. The third-order valence-corrected chi connectivity index (χ3v) is 3.15. The zero-order valence-electron chi connectivity index (χ0n) is 11.3. The lowest BCUT2D eigenvalue weighted by Gasteiger charge is -2.18. The first-order valence-electron chi connectivity index (χ1n) is 5.97. The third-order valence-electron chi connectivity index (χ3n) is 2.66. The van der Waals surface area contributed by atoms with Crippen LogP contribution >= 0.6 is 7.60 Å². The molecular weight excluding hydrogens is 301 g/mol. The van der Waals surface area contributed by atoms with Crippen LogP contribution in [0.25, 0.3) is 11.2 Å². The van der Waals surface area contributed by atoms with E-state index in [1.807, 2.05) is 0 Å². The summed E-state index contributed by atoms with van der Waals surface area (Å²) >= 11 is 0. The lowest BCUT2D eigenvalue weighted by atomic mass is 10.3. The SMILES string of the molecule is COCC(Cn1cnc2c(N)ncnc21)OCP(=O)(O)O. The molecule has 0 aliphatic carbocycles. The number of fused-ring (bicyclic) bond motifs is 1. The predicted octanol–water partition coefficient (Wildman–Crippen LogP) is -0.425. The topological polar surface area (TPSA) is 146 Å². The van der Waals surface area contributed by atoms with Gasteiger partial charge in [0.2, 0.25) is 0 Å². The fraction of sp³-hybridized carbons (Fsp3) is 0.500. The van der Waals surface area contributed by atoms with Crippen LogP contribution in [0.1, 0.15) is 0 Å². The lowest BCUT2D eigenvalue weighted by Crippen LogP contribution is -2.25. The Labute approximate surface area is 120 Å². The number of hydrogen-bond donors (Lipinski definition) is 3. The molecule has 0 fully saturated rings. The molecule has 0 saturated heterocycles. The Morgan fingerprint density at radius 3 is 2.86 bits per heavy atom. The van der Waals surface area contributed by atoms with E-state index in [9.17, 15) is 4.57 Å². The number of methoxy groups -OCH3 is 1. The predicted molar refractivity (Wildman–Crippen MR) is 73.4 cm³/mol. The second kappa shape index (κ2) is 6.46. The van der Waals surface area contributed by atoms with Crippen molar-refractivity contribution in [2.24, 2.45) is 0 Å². The average Bonchev–Trinajstić information content (AvgIpc) is 2.80. The van der Waals surface area contributed by atoms with Crippen molar-refractivity contribution >= 4 is 24.6 Å². The molecule has 0 radical (unpaired) electrons. The van der Waals surface area contributed by atoms with Gasteiger partial charge in [-0.25, -0.2) is 15.0 Å². The van der Waals surface area contributed by atoms with E-state index in [4.69, 9.17) is 25.0 Å². The quantitative estimate of drug-likeness (QED) is 0.579. The van der Waals surface area contributed by atoms with E-state index in [0.29, 0.717) is 11.2 Å². The molecule has 0 amide bonds. The highest BCUT2D eigenvalue weighted by molar-refractivity contribution is 7.51. The number of aromatic nitrogens is 4. The van der Waals surface area contributed by atoms with Crippen molar-refractivity contribution in [1.82, 2.24) is 19.5 Å². The number of nitrogen functional groups attached to an aromatic ring is 1. The van der Waals surface area contributed by atoms with E-state index in [1.54, 1.807) is 4.57 Å². The first kappa shape index (κ1) is 15.8. The smallest absolute Gasteiger partial charge is 0.350 e. The molecule has 116 valence electrons. The molecule has 2 heterocycles. The molecule has 2 aromatic heterocycles. The van der Waals surface area contributed by atoms with Crippen molar-refractivity contribution in [2.75, 3.05) is 25.8 Å². The molecule has 0 aliphatic rings. The second-order valence-electron chi connectivity index (χ2n) is 4.37. The van der Waals surface area contributed by atoms with Gasteiger partial charge < -0.3 is 29.6 Å². The lowest BCUT2D eigenvalue weighted by molar-refractivity contribution is 0.00416. The van der Waals surface area contributed by atoms with Crippen LogP contribution in [-0.4, -0.2) is 55.5 Å². The maximum Gasteiger partial charge on any atom is 0.350 e. The van der Waals surface area contributed by atoms with Crippen LogP contribution in [0.15, 0.2) is 12.7 Å². The van der Waals surface area contributed by atoms with Crippen LogP contribution in [0.3, 0.4) is 0 Å². The van der Waals surface area contributed by atoms with Crippen molar-refractivity contribution in [3.05, 3.63) is 12.7 Å². The molecule has 10 nitrogen and oxygen atoms in total. The molecule has 0 spiro atoms. The molecule has 1 atom stereocenters. The van der Waals surface area contributed by atoms with Crippen LogP contribution in [0, 0.1) is 0 Å². The summed E-state index contributed by atoms with van der Waals surface area (Å²) < 4.78 is 22.7. The fourth-order valence-corrected chi connectivity index (χ4v) is 2.20. The van der Waals surface area contributed by atoms with Gasteiger partial charge in [0.15, 0.2) is 11.5 Å². The molecule has 4 N–H and O–H groups in total. The maximum absolute atomic E-state index is 10.9. The minimum atomic E-state index is -4.24. The van der Waals surface area contributed by atoms with Crippen LogP contribution in [-0.2, 0) is 20.6 Å². The van der Waals surface area contributed by atoms with Crippen molar-refractivity contribution in [1.29, 1.82) is 0 Å². The molecule has 11 heteroatoms. The van der Waals surface area contributed by atoms with Gasteiger partial charge in [0, 0.05) is 7.11 Å². The molecule has 21 heavy (non-hydrogen) atoms. The van der Waals surface area contributed by atoms with E-state index < -0.39 is 20.0 Å². The summed E-state index contributed by atoms with van der Waals surface area (Å²) in [5.74, 6) is 0.262. The van der Waals surface area contributed by atoms with E-state index in [-0.39, 0.29) is 19.0 Å². The fourth-order valence-electron chi connectivity index (χ4n) is 1.79. The first-order chi connectivity index (χ1) is 9.90. The van der Waals surface area contributed by atoms with Gasteiger partial charge in [0.25, 0.3) is 0 Å². The third kappa shape index (κ3) is 4.19. The van der Waals surface area contributed by atoms with Gasteiger partial charge in [0.05, 0.1) is 25.6 Å². The Morgan fingerprint density at radius 1 is 1.43 bits per heavy atom. The second-order valence-corrected chi connectivity index (χ2v) is 5.95. The van der Waals surface area contributed by atoms with E-state index in [2.05, 4.69) is 15.0 Å². The van der Waals surface area contributed by atoms with Crippen LogP contribution in [0.5, 0.6) is 0 Å². The van der Waals surface area contributed by atoms with Gasteiger partial charge in [-0.3, -0.25) is 4.57 Å². The van der Waals surface area contributed by atoms with Crippen LogP contribution in [0.4, 0.5) is 5.82 Å². The first-order valence-corrected chi connectivity index (χ1v) is 7.77. The van der Waals surface area contributed by atoms with Gasteiger partial charge in [-0.1, -0.05) is 0 Å². The number of nitrogens with zero attached hydrogens (tertiary/aromatic N) is 4. The van der Waals surface area contributed by atoms with Gasteiger partial charge in [-0.05, 0) is 0 Å². The zero-order valence-corrected chi connectivity index (χ0v) is 12.2. The zero-order chi connectivity index (χ0) is 15.5. The maximum atomic E-state index is 10.9. The Kier molecular flexibility index (Phi) is 4.86. The molecule has 0 aliphatic heterocycles. The average molecular weight is 317 g/mol. The minimum Gasteiger partial charge on any atom is -0.382 e. The van der Waals surface area contributed by atoms with Gasteiger partial charge >= 0.3 is 7.60 Å². The number of ether oxygens (including phenoxy) is 2. The van der Waals surface area contributed by atoms with Gasteiger partial charge in [0.1, 0.15) is 18.2 Å². The normalized spacial score (nSPS) is 13.7. The number of anilines is 1. The summed E-state index contributed by atoms with van der Waals surface area (Å²) in [6, 6.07) is 0. The summed E-state index contributed by atoms with van der Waals surface area (Å²) in [7, 11) is -2.77. The molecular formula is C10H16N5O5P. The summed E-state index contributed by atoms with van der Waals surface area (Å²) in [4.78, 5) is 29.7. The van der Waals surface area contributed by atoms with Crippen molar-refractivity contribution < 1.29 is 23.8 Å². The number of hydrogen-bond acceptors (Lipinski definition) is 7. The summed E-state index contributed by atoms with van der Waals surface area (Å²) in [5.41, 5.74) is 6.67. The largest absolute Gasteiger partial charge is 0.382 e. The van der Waals surface area contributed by atoms with E-state index >= 15 is 0 Å². The Bertz CT molecular complexity index is 656. The Balaban J connectivity index is 2.15. The van der Waals surface area contributed by atoms with Crippen molar-refractivity contribution in [2.45, 2.75) is 12.6 Å². The van der Waals surface area contributed by atoms with Gasteiger partial charge in [-0.2, -0.15) is 0 Å². The monoisotopic (exact) mass is 317 g/mol. The highest BCUT2D eigenvalue weighted by Crippen LogP contribution is 2.34. The number of nitrogens with two attached hydrogens (primary N) is 1. The molecule has 0 aromatic carbocycles. The van der Waals surface area contributed by atoms with E-state index in [0.717, 1.165) is 0 Å². The van der Waals surface area contributed by atoms with Crippen LogP contribution in [0.2, 0.25) is 0 Å². The van der Waals surface area contributed by atoms with Gasteiger partial charge in [-0.15, -0.1) is 0 Å². The highest BCUT2D eigenvalue weighted by Gasteiger charge is 2.19. The molecule has 2 aromatic rings. The minimum absolute atomic E-state index is 0.167. The highest BCUT2D eigenvalue weighted by atomic mass is 31.2. The van der Waals surface area contributed by atoms with Crippen molar-refractivity contribution in [3.63, 3.8) is 0 Å². The molecule has 0 saturated carbocycles. The standard InChI is InChI=1S/C10H16N5O5P/c1-19-3-7(20-6-21(16,17)18)2-15-5-14-8-9(11)12-4-13-10(8)15/h4-5,7H,2-3,6H2,1H3,(H2,11,12,13)(H2,16,17,18).